The van der Waals surface area contributed by atoms with Gasteiger partial charge in [0.2, 0.25) is 5.13 Å². The lowest BCUT2D eigenvalue weighted by Crippen LogP contribution is -2.46. The van der Waals surface area contributed by atoms with Crippen molar-refractivity contribution < 1.29 is 9.84 Å². The van der Waals surface area contributed by atoms with Crippen molar-refractivity contribution in [1.82, 2.24) is 10.2 Å². The molecule has 1 saturated heterocycles. The molecule has 1 fully saturated rings. The molecule has 0 radical (unpaired) electrons. The van der Waals surface area contributed by atoms with E-state index in [-0.39, 0.29) is 12.1 Å². The molecule has 0 unspecified atom stereocenters. The van der Waals surface area contributed by atoms with Gasteiger partial charge in [-0.2, -0.15) is 0 Å². The van der Waals surface area contributed by atoms with Gasteiger partial charge in [0.25, 0.3) is 0 Å². The van der Waals surface area contributed by atoms with Crippen LogP contribution in [0.5, 0.6) is 0 Å². The number of hydrogen-bond acceptors (Lipinski definition) is 6. The third kappa shape index (κ3) is 2.02. The van der Waals surface area contributed by atoms with Crippen molar-refractivity contribution in [3.05, 3.63) is 5.51 Å². The van der Waals surface area contributed by atoms with E-state index in [0.29, 0.717) is 13.2 Å². The van der Waals surface area contributed by atoms with Crippen LogP contribution in [0.2, 0.25) is 0 Å². The first-order chi connectivity index (χ1) is 6.85. The van der Waals surface area contributed by atoms with Crippen LogP contribution in [0, 0.1) is 0 Å². The van der Waals surface area contributed by atoms with Gasteiger partial charge >= 0.3 is 0 Å². The summed E-state index contributed by atoms with van der Waals surface area (Å²) < 4.78 is 5.26. The zero-order chi connectivity index (χ0) is 9.86. The number of hydrogen-bond donors (Lipinski definition) is 2. The fourth-order valence-corrected chi connectivity index (χ4v) is 2.10. The Kier molecular flexibility index (Phi) is 2.95. The molecule has 2 heterocycles. The molecule has 0 spiro atoms. The fraction of sp³-hybridized carbons (Fsp3) is 0.750. The first-order valence-electron chi connectivity index (χ1n) is 4.58. The number of aromatic nitrogens is 2. The maximum Gasteiger partial charge on any atom is 0.205 e. The summed E-state index contributed by atoms with van der Waals surface area (Å²) in [5.74, 6) is 0. The molecule has 5 nitrogen and oxygen atoms in total. The van der Waals surface area contributed by atoms with Crippen molar-refractivity contribution in [3.8, 4) is 0 Å². The topological polar surface area (TPSA) is 67.3 Å². The molecule has 6 heteroatoms. The highest BCUT2D eigenvalue weighted by atomic mass is 32.1. The molecule has 1 aromatic rings. The van der Waals surface area contributed by atoms with Crippen LogP contribution in [0.1, 0.15) is 12.8 Å². The number of ether oxygens (including phenoxy) is 1. The van der Waals surface area contributed by atoms with Crippen LogP contribution in [0.3, 0.4) is 0 Å². The second-order valence-corrected chi connectivity index (χ2v) is 4.25. The largest absolute Gasteiger partial charge is 0.394 e. The van der Waals surface area contributed by atoms with E-state index in [9.17, 15) is 5.11 Å². The third-order valence-corrected chi connectivity index (χ3v) is 3.09. The lowest BCUT2D eigenvalue weighted by Gasteiger charge is -2.35. The van der Waals surface area contributed by atoms with E-state index < -0.39 is 0 Å². The van der Waals surface area contributed by atoms with Crippen molar-refractivity contribution in [2.75, 3.05) is 25.1 Å². The minimum absolute atomic E-state index is 0.107. The van der Waals surface area contributed by atoms with Gasteiger partial charge in [-0.3, -0.25) is 0 Å². The molecule has 0 bridgehead atoms. The molecule has 0 saturated carbocycles. The van der Waals surface area contributed by atoms with Gasteiger partial charge in [0.15, 0.2) is 0 Å². The molecular formula is C8H13N3O2S. The van der Waals surface area contributed by atoms with Crippen LogP contribution in [-0.4, -0.2) is 40.7 Å². The molecule has 1 aliphatic heterocycles. The van der Waals surface area contributed by atoms with Gasteiger partial charge in [0.1, 0.15) is 5.51 Å². The lowest BCUT2D eigenvalue weighted by molar-refractivity contribution is 0.0379. The van der Waals surface area contributed by atoms with E-state index in [0.717, 1.165) is 18.0 Å². The Labute approximate surface area is 86.1 Å². The predicted octanol–water partition coefficient (Wildman–Crippen LogP) is 0.491. The number of aliphatic hydroxyl groups is 1. The van der Waals surface area contributed by atoms with E-state index in [4.69, 9.17) is 4.74 Å². The molecule has 2 N–H and O–H groups in total. The predicted molar refractivity (Wildman–Crippen MR) is 53.4 cm³/mol. The summed E-state index contributed by atoms with van der Waals surface area (Å²) in [6.07, 6.45) is 1.62. The summed E-state index contributed by atoms with van der Waals surface area (Å²) >= 11 is 1.45. The van der Waals surface area contributed by atoms with Gasteiger partial charge in [-0.15, -0.1) is 10.2 Å². The summed E-state index contributed by atoms with van der Waals surface area (Å²) in [4.78, 5) is 0. The Morgan fingerprint density at radius 1 is 1.57 bits per heavy atom. The van der Waals surface area contributed by atoms with Gasteiger partial charge < -0.3 is 15.2 Å². The van der Waals surface area contributed by atoms with Crippen molar-refractivity contribution in [2.45, 2.75) is 18.4 Å². The Morgan fingerprint density at radius 2 is 2.36 bits per heavy atom. The molecule has 2 rings (SSSR count). The molecule has 78 valence electrons. The summed E-state index contributed by atoms with van der Waals surface area (Å²) in [5, 5.41) is 21.0. The van der Waals surface area contributed by atoms with E-state index >= 15 is 0 Å². The molecule has 0 aromatic carbocycles. The fourth-order valence-electron chi connectivity index (χ4n) is 1.54. The highest BCUT2D eigenvalue weighted by molar-refractivity contribution is 7.13. The lowest BCUT2D eigenvalue weighted by atomic mass is 9.91. The highest BCUT2D eigenvalue weighted by Gasteiger charge is 2.32. The summed E-state index contributed by atoms with van der Waals surface area (Å²) in [6.45, 7) is 1.48. The summed E-state index contributed by atoms with van der Waals surface area (Å²) in [7, 11) is 0. The van der Waals surface area contributed by atoms with Gasteiger partial charge in [-0.25, -0.2) is 0 Å². The van der Waals surface area contributed by atoms with Crippen molar-refractivity contribution in [3.63, 3.8) is 0 Å². The second kappa shape index (κ2) is 4.20. The maximum absolute atomic E-state index is 9.38. The third-order valence-electron chi connectivity index (χ3n) is 2.48. The average molecular weight is 215 g/mol. The monoisotopic (exact) mass is 215 g/mol. The maximum atomic E-state index is 9.38. The Bertz CT molecular complexity index is 272. The molecule has 1 aromatic heterocycles. The highest BCUT2D eigenvalue weighted by Crippen LogP contribution is 2.25. The van der Waals surface area contributed by atoms with Crippen LogP contribution in [0.15, 0.2) is 5.51 Å². The first kappa shape index (κ1) is 9.82. The van der Waals surface area contributed by atoms with Gasteiger partial charge in [-0.05, 0) is 12.8 Å². The van der Waals surface area contributed by atoms with E-state index in [1.807, 2.05) is 0 Å². The normalized spacial score (nSPS) is 20.6. The number of rotatable bonds is 3. The smallest absolute Gasteiger partial charge is 0.205 e. The summed E-state index contributed by atoms with van der Waals surface area (Å²) in [5.41, 5.74) is 1.41. The number of nitrogens with one attached hydrogen (secondary N) is 1. The van der Waals surface area contributed by atoms with Crippen molar-refractivity contribution in [2.24, 2.45) is 0 Å². The Morgan fingerprint density at radius 3 is 2.93 bits per heavy atom. The Hall–Kier alpha value is -0.720. The van der Waals surface area contributed by atoms with Crippen LogP contribution < -0.4 is 5.32 Å². The molecule has 0 amide bonds. The van der Waals surface area contributed by atoms with E-state index in [2.05, 4.69) is 15.5 Å². The molecule has 0 aliphatic carbocycles. The minimum Gasteiger partial charge on any atom is -0.394 e. The van der Waals surface area contributed by atoms with Crippen LogP contribution in [0.25, 0.3) is 0 Å². The van der Waals surface area contributed by atoms with Crippen LogP contribution >= 0.6 is 11.3 Å². The average Bonchev–Trinajstić information content (AvgIpc) is 2.72. The zero-order valence-electron chi connectivity index (χ0n) is 7.77. The van der Waals surface area contributed by atoms with E-state index in [1.165, 1.54) is 11.3 Å². The number of aliphatic hydroxyl groups excluding tert-OH is 1. The minimum atomic E-state index is -0.266. The van der Waals surface area contributed by atoms with Gasteiger partial charge in [0, 0.05) is 13.2 Å². The van der Waals surface area contributed by atoms with Gasteiger partial charge in [-0.1, -0.05) is 11.3 Å². The van der Waals surface area contributed by atoms with Gasteiger partial charge in [0.05, 0.1) is 12.1 Å². The number of nitrogens with zero attached hydrogens (tertiary/aromatic N) is 2. The van der Waals surface area contributed by atoms with Crippen LogP contribution in [0.4, 0.5) is 5.13 Å². The standard InChI is InChI=1S/C8H13N3O2S/c12-5-8(1-3-13-4-2-8)10-7-11-9-6-14-7/h6,12H,1-5H2,(H,10,11). The SMILES string of the molecule is OCC1(Nc2nncs2)CCOCC1. The van der Waals surface area contributed by atoms with E-state index in [1.54, 1.807) is 5.51 Å². The zero-order valence-corrected chi connectivity index (χ0v) is 8.59. The number of anilines is 1. The molecule has 0 atom stereocenters. The van der Waals surface area contributed by atoms with Crippen molar-refractivity contribution in [1.29, 1.82) is 0 Å². The molecule has 1 aliphatic rings. The molecule has 14 heavy (non-hydrogen) atoms. The first-order valence-corrected chi connectivity index (χ1v) is 5.46. The summed E-state index contributed by atoms with van der Waals surface area (Å²) in [6, 6.07) is 0. The quantitative estimate of drug-likeness (QED) is 0.768. The van der Waals surface area contributed by atoms with Crippen LogP contribution in [-0.2, 0) is 4.74 Å². The Balaban J connectivity index is 2.04. The molecular weight excluding hydrogens is 202 g/mol. The second-order valence-electron chi connectivity index (χ2n) is 3.42. The van der Waals surface area contributed by atoms with Crippen molar-refractivity contribution >= 4 is 16.5 Å².